The third kappa shape index (κ3) is 3.70. The molecule has 2 atom stereocenters. The second-order valence-corrected chi connectivity index (χ2v) is 8.73. The molecule has 0 unspecified atom stereocenters. The molecule has 1 saturated carbocycles. The third-order valence-corrected chi connectivity index (χ3v) is 6.65. The van der Waals surface area contributed by atoms with Gasteiger partial charge in [0.2, 0.25) is 5.91 Å². The molecule has 3 fully saturated rings. The topological polar surface area (TPSA) is 105 Å². The van der Waals surface area contributed by atoms with E-state index in [2.05, 4.69) is 26.3 Å². The minimum Gasteiger partial charge on any atom is -0.391 e. The molecule has 2 aromatic rings. The largest absolute Gasteiger partial charge is 0.391 e. The van der Waals surface area contributed by atoms with E-state index in [0.717, 1.165) is 43.6 Å². The smallest absolute Gasteiger partial charge is 0.247 e. The summed E-state index contributed by atoms with van der Waals surface area (Å²) in [4.78, 5) is 25.8. The number of aliphatic hydroxyl groups is 1. The molecule has 4 heterocycles. The summed E-state index contributed by atoms with van der Waals surface area (Å²) in [6.07, 6.45) is 7.52. The Bertz CT molecular complexity index is 1020. The molecule has 0 bridgehead atoms. The van der Waals surface area contributed by atoms with Crippen molar-refractivity contribution in [2.45, 2.75) is 38.2 Å². The highest BCUT2D eigenvalue weighted by Gasteiger charge is 2.56. The van der Waals surface area contributed by atoms with Gasteiger partial charge < -0.3 is 20.2 Å². The van der Waals surface area contributed by atoms with Crippen molar-refractivity contribution in [1.29, 1.82) is 5.26 Å². The van der Waals surface area contributed by atoms with Crippen LogP contribution in [0, 0.1) is 22.7 Å². The van der Waals surface area contributed by atoms with Crippen LogP contribution in [0.2, 0.25) is 0 Å². The number of nitrogens with one attached hydrogen (secondary N) is 1. The summed E-state index contributed by atoms with van der Waals surface area (Å²) in [7, 11) is 0. The van der Waals surface area contributed by atoms with Crippen molar-refractivity contribution >= 4 is 28.9 Å². The lowest BCUT2D eigenvalue weighted by atomic mass is 9.83. The first-order valence-electron chi connectivity index (χ1n) is 10.9. The van der Waals surface area contributed by atoms with Crippen LogP contribution in [-0.2, 0) is 4.79 Å². The number of piperidine rings is 1. The fourth-order valence-electron chi connectivity index (χ4n) is 4.76. The summed E-state index contributed by atoms with van der Waals surface area (Å²) >= 11 is 0. The summed E-state index contributed by atoms with van der Waals surface area (Å²) in [5.41, 5.74) is 0.886. The standard InChI is InChI=1S/C23H26N6O2/c24-15-23(16-3-4-16)8-11-29(22(23)31)17-7-9-25-21(12-17)27-20-6-5-18(13-26-20)28-10-1-2-19(30)14-28/h5-7,9,12-13,16,19,30H,1-4,8,10-11,14H2,(H,25,26,27)/t19-,23+/m0/s1. The lowest BCUT2D eigenvalue weighted by molar-refractivity contribution is -0.123. The molecule has 8 heteroatoms. The van der Waals surface area contributed by atoms with E-state index in [4.69, 9.17) is 0 Å². The van der Waals surface area contributed by atoms with Crippen LogP contribution in [-0.4, -0.2) is 46.7 Å². The van der Waals surface area contributed by atoms with Crippen molar-refractivity contribution in [2.75, 3.05) is 34.8 Å². The number of β-amino-alcohol motifs (C(OH)–C–C–N with tert-alkyl or cyclic N) is 1. The van der Waals surface area contributed by atoms with E-state index in [1.54, 1.807) is 17.3 Å². The van der Waals surface area contributed by atoms with E-state index in [0.29, 0.717) is 31.1 Å². The number of rotatable bonds is 5. The molecule has 2 aromatic heterocycles. The van der Waals surface area contributed by atoms with Gasteiger partial charge in [-0.25, -0.2) is 9.97 Å². The predicted molar refractivity (Wildman–Crippen MR) is 117 cm³/mol. The summed E-state index contributed by atoms with van der Waals surface area (Å²) in [5.74, 6) is 1.38. The van der Waals surface area contributed by atoms with E-state index in [1.165, 1.54) is 0 Å². The second-order valence-electron chi connectivity index (χ2n) is 8.73. The van der Waals surface area contributed by atoms with Gasteiger partial charge in [-0.2, -0.15) is 5.26 Å². The van der Waals surface area contributed by atoms with Crippen molar-refractivity contribution < 1.29 is 9.90 Å². The van der Waals surface area contributed by atoms with Gasteiger partial charge in [0.25, 0.3) is 0 Å². The number of amides is 1. The summed E-state index contributed by atoms with van der Waals surface area (Å²) < 4.78 is 0. The monoisotopic (exact) mass is 418 g/mol. The lowest BCUT2D eigenvalue weighted by Crippen LogP contribution is -2.38. The number of nitrogens with zero attached hydrogens (tertiary/aromatic N) is 5. The Kier molecular flexibility index (Phi) is 4.98. The van der Waals surface area contributed by atoms with Crippen LogP contribution in [0.4, 0.5) is 23.0 Å². The average Bonchev–Trinajstić information content (AvgIpc) is 3.58. The highest BCUT2D eigenvalue weighted by atomic mass is 16.3. The number of aromatic nitrogens is 2. The van der Waals surface area contributed by atoms with E-state index in [1.807, 2.05) is 24.3 Å². The van der Waals surface area contributed by atoms with Crippen LogP contribution in [0.5, 0.6) is 0 Å². The Hall–Kier alpha value is -3.18. The minimum absolute atomic E-state index is 0.0825. The van der Waals surface area contributed by atoms with Crippen LogP contribution in [0.15, 0.2) is 36.7 Å². The summed E-state index contributed by atoms with van der Waals surface area (Å²) in [6, 6.07) is 9.83. The zero-order valence-corrected chi connectivity index (χ0v) is 17.4. The maximum absolute atomic E-state index is 13.0. The van der Waals surface area contributed by atoms with E-state index in [9.17, 15) is 15.2 Å². The van der Waals surface area contributed by atoms with E-state index >= 15 is 0 Å². The number of hydrogen-bond acceptors (Lipinski definition) is 7. The van der Waals surface area contributed by atoms with Crippen molar-refractivity contribution in [1.82, 2.24) is 9.97 Å². The molecule has 31 heavy (non-hydrogen) atoms. The zero-order chi connectivity index (χ0) is 21.4. The predicted octanol–water partition coefficient (Wildman–Crippen LogP) is 2.84. The van der Waals surface area contributed by atoms with Crippen molar-refractivity contribution in [3.8, 4) is 6.07 Å². The Morgan fingerprint density at radius 3 is 2.71 bits per heavy atom. The molecular weight excluding hydrogens is 392 g/mol. The Morgan fingerprint density at radius 1 is 1.13 bits per heavy atom. The van der Waals surface area contributed by atoms with Gasteiger partial charge in [0, 0.05) is 37.6 Å². The van der Waals surface area contributed by atoms with Gasteiger partial charge >= 0.3 is 0 Å². The lowest BCUT2D eigenvalue weighted by Gasteiger charge is -2.31. The number of anilines is 4. The van der Waals surface area contributed by atoms with E-state index in [-0.39, 0.29) is 17.9 Å². The number of carbonyl (C=O) groups is 1. The van der Waals surface area contributed by atoms with Gasteiger partial charge in [-0.05, 0) is 56.2 Å². The normalized spacial score (nSPS) is 26.1. The van der Waals surface area contributed by atoms with Crippen molar-refractivity contribution in [2.24, 2.45) is 11.3 Å². The molecule has 2 N–H and O–H groups in total. The van der Waals surface area contributed by atoms with Crippen LogP contribution >= 0.6 is 0 Å². The molecule has 3 aliphatic rings. The molecule has 2 aliphatic heterocycles. The molecular formula is C23H26N6O2. The fourth-order valence-corrected chi connectivity index (χ4v) is 4.76. The third-order valence-electron chi connectivity index (χ3n) is 6.65. The molecule has 1 amide bonds. The number of pyridine rings is 2. The maximum atomic E-state index is 13.0. The van der Waals surface area contributed by atoms with Gasteiger partial charge in [-0.15, -0.1) is 0 Å². The Morgan fingerprint density at radius 2 is 2.00 bits per heavy atom. The second kappa shape index (κ2) is 7.82. The summed E-state index contributed by atoms with van der Waals surface area (Å²) in [5, 5.41) is 22.8. The minimum atomic E-state index is -0.851. The molecule has 1 aliphatic carbocycles. The van der Waals surface area contributed by atoms with Gasteiger partial charge in [0.15, 0.2) is 0 Å². The highest BCUT2D eigenvalue weighted by Crippen LogP contribution is 2.51. The number of carbonyl (C=O) groups excluding carboxylic acids is 1. The molecule has 2 saturated heterocycles. The van der Waals surface area contributed by atoms with Gasteiger partial charge in [-0.3, -0.25) is 4.79 Å². The van der Waals surface area contributed by atoms with Crippen LogP contribution in [0.25, 0.3) is 0 Å². The van der Waals surface area contributed by atoms with E-state index < -0.39 is 5.41 Å². The molecule has 0 spiro atoms. The van der Waals surface area contributed by atoms with Crippen LogP contribution in [0.1, 0.15) is 32.1 Å². The Balaban J connectivity index is 1.29. The fraction of sp³-hybridized carbons (Fsp3) is 0.478. The highest BCUT2D eigenvalue weighted by molar-refractivity contribution is 6.02. The first-order valence-corrected chi connectivity index (χ1v) is 10.9. The zero-order valence-electron chi connectivity index (χ0n) is 17.4. The first kappa shape index (κ1) is 19.8. The van der Waals surface area contributed by atoms with Gasteiger partial charge in [0.05, 0.1) is 24.1 Å². The van der Waals surface area contributed by atoms with Crippen LogP contribution in [0.3, 0.4) is 0 Å². The molecule has 8 nitrogen and oxygen atoms in total. The van der Waals surface area contributed by atoms with Gasteiger partial charge in [0.1, 0.15) is 17.1 Å². The van der Waals surface area contributed by atoms with Crippen LogP contribution < -0.4 is 15.1 Å². The number of aliphatic hydroxyl groups excluding tert-OH is 1. The molecule has 5 rings (SSSR count). The van der Waals surface area contributed by atoms with Gasteiger partial charge in [-0.1, -0.05) is 0 Å². The summed E-state index contributed by atoms with van der Waals surface area (Å²) in [6.45, 7) is 2.11. The molecule has 160 valence electrons. The molecule has 0 aromatic carbocycles. The number of nitriles is 1. The van der Waals surface area contributed by atoms with Crippen molar-refractivity contribution in [3.05, 3.63) is 36.7 Å². The molecule has 0 radical (unpaired) electrons. The quantitative estimate of drug-likeness (QED) is 0.769. The van der Waals surface area contributed by atoms with Crippen molar-refractivity contribution in [3.63, 3.8) is 0 Å². The maximum Gasteiger partial charge on any atom is 0.247 e. The number of hydrogen-bond donors (Lipinski definition) is 2. The first-order chi connectivity index (χ1) is 15.1. The Labute approximate surface area is 181 Å². The SMILES string of the molecule is N#C[C@@]1(C2CC2)CCN(c2ccnc(Nc3ccc(N4CCC[C@H](O)C4)cn3)c2)C1=O. The average molecular weight is 419 g/mol.